The number of benzene rings is 1. The summed E-state index contributed by atoms with van der Waals surface area (Å²) in [5.74, 6) is -0.163. The van der Waals surface area contributed by atoms with Crippen LogP contribution in [0.25, 0.3) is 0 Å². The van der Waals surface area contributed by atoms with Crippen molar-refractivity contribution in [2.45, 2.75) is 32.7 Å². The van der Waals surface area contributed by atoms with Crippen LogP contribution in [-0.4, -0.2) is 29.3 Å². The van der Waals surface area contributed by atoms with E-state index in [1.807, 2.05) is 24.3 Å². The van der Waals surface area contributed by atoms with Crippen molar-refractivity contribution in [3.8, 4) is 0 Å². The Bertz CT molecular complexity index is 389. The van der Waals surface area contributed by atoms with Crippen LogP contribution >= 0.6 is 11.6 Å². The van der Waals surface area contributed by atoms with Crippen molar-refractivity contribution in [2.75, 3.05) is 18.4 Å². The molecule has 0 saturated carbocycles. The van der Waals surface area contributed by atoms with Gasteiger partial charge in [-0.3, -0.25) is 9.69 Å². The van der Waals surface area contributed by atoms with E-state index in [0.717, 1.165) is 30.9 Å². The molecule has 100 valence electrons. The minimum Gasteiger partial charge on any atom is -0.325 e. The van der Waals surface area contributed by atoms with Gasteiger partial charge in [0.2, 0.25) is 5.91 Å². The van der Waals surface area contributed by atoms with Gasteiger partial charge in [0, 0.05) is 12.2 Å². The van der Waals surface area contributed by atoms with Gasteiger partial charge in [-0.15, -0.1) is 11.6 Å². The maximum atomic E-state index is 11.6. The zero-order chi connectivity index (χ0) is 13.5. The molecule has 0 heterocycles. The quantitative estimate of drug-likeness (QED) is 0.804. The van der Waals surface area contributed by atoms with E-state index in [0.29, 0.717) is 0 Å². The lowest BCUT2D eigenvalue weighted by Gasteiger charge is -2.20. The Hall–Kier alpha value is -1.06. The predicted molar refractivity (Wildman–Crippen MR) is 77.0 cm³/mol. The fourth-order valence-corrected chi connectivity index (χ4v) is 1.75. The monoisotopic (exact) mass is 268 g/mol. The molecule has 0 bridgehead atoms. The zero-order valence-electron chi connectivity index (χ0n) is 11.2. The first-order chi connectivity index (χ1) is 8.58. The van der Waals surface area contributed by atoms with Crippen LogP contribution in [0.3, 0.4) is 0 Å². The van der Waals surface area contributed by atoms with Gasteiger partial charge < -0.3 is 5.32 Å². The molecule has 0 aromatic heterocycles. The number of nitrogens with zero attached hydrogens (tertiary/aromatic N) is 1. The van der Waals surface area contributed by atoms with Crippen LogP contribution in [0.5, 0.6) is 0 Å². The second kappa shape index (κ2) is 7.39. The van der Waals surface area contributed by atoms with Crippen molar-refractivity contribution in [2.24, 2.45) is 0 Å². The predicted octanol–water partition coefficient (Wildman–Crippen LogP) is 3.09. The van der Waals surface area contributed by atoms with Crippen LogP contribution in [0.15, 0.2) is 24.3 Å². The number of para-hydroxylation sites is 1. The number of carbonyl (C=O) groups is 1. The van der Waals surface area contributed by atoms with Crippen LogP contribution in [0.2, 0.25) is 0 Å². The number of amides is 1. The first kappa shape index (κ1) is 15.0. The number of rotatable bonds is 6. The van der Waals surface area contributed by atoms with Crippen LogP contribution in [-0.2, 0) is 11.3 Å². The summed E-state index contributed by atoms with van der Waals surface area (Å²) in [5.41, 5.74) is 1.97. The lowest BCUT2D eigenvalue weighted by molar-refractivity contribution is -0.115. The number of alkyl halides is 1. The fraction of sp³-hybridized carbons (Fsp3) is 0.500. The van der Waals surface area contributed by atoms with Gasteiger partial charge in [-0.25, -0.2) is 0 Å². The number of nitrogens with one attached hydrogen (secondary N) is 1. The van der Waals surface area contributed by atoms with Gasteiger partial charge in [-0.2, -0.15) is 0 Å². The maximum Gasteiger partial charge on any atom is 0.242 e. The van der Waals surface area contributed by atoms with Crippen molar-refractivity contribution >= 4 is 23.2 Å². The van der Waals surface area contributed by atoms with Crippen molar-refractivity contribution in [1.82, 2.24) is 4.90 Å². The molecule has 18 heavy (non-hydrogen) atoms. The molecule has 1 aromatic rings. The highest BCUT2D eigenvalue weighted by Crippen LogP contribution is 2.18. The summed E-state index contributed by atoms with van der Waals surface area (Å²) in [6.45, 7) is 8.75. The minimum atomic E-state index is -0.522. The Labute approximate surface area is 114 Å². The normalized spacial score (nSPS) is 12.5. The molecule has 0 aliphatic carbocycles. The maximum absolute atomic E-state index is 11.6. The van der Waals surface area contributed by atoms with Crippen molar-refractivity contribution < 1.29 is 4.79 Å². The molecule has 4 heteroatoms. The summed E-state index contributed by atoms with van der Waals surface area (Å²) in [7, 11) is 0. The van der Waals surface area contributed by atoms with Crippen molar-refractivity contribution in [1.29, 1.82) is 0 Å². The van der Waals surface area contributed by atoms with E-state index < -0.39 is 5.38 Å². The number of anilines is 1. The topological polar surface area (TPSA) is 32.3 Å². The highest BCUT2D eigenvalue weighted by molar-refractivity contribution is 6.32. The molecule has 3 nitrogen and oxygen atoms in total. The first-order valence-electron chi connectivity index (χ1n) is 6.33. The summed E-state index contributed by atoms with van der Waals surface area (Å²) >= 11 is 5.77. The second-order valence-corrected chi connectivity index (χ2v) is 4.88. The molecule has 1 rings (SSSR count). The standard InChI is InChI=1S/C14H21ClN2O/c1-4-17(5-2)10-12-8-6-7-9-13(12)16-14(18)11(3)15/h6-9,11H,4-5,10H2,1-3H3,(H,16,18). The smallest absolute Gasteiger partial charge is 0.242 e. The van der Waals surface area contributed by atoms with Gasteiger partial charge in [0.05, 0.1) is 0 Å². The molecule has 0 saturated heterocycles. The lowest BCUT2D eigenvalue weighted by atomic mass is 10.1. The molecular formula is C14H21ClN2O. The van der Waals surface area contributed by atoms with Crippen LogP contribution in [0, 0.1) is 0 Å². The van der Waals surface area contributed by atoms with Gasteiger partial charge in [0.25, 0.3) is 0 Å². The third kappa shape index (κ3) is 4.31. The Morgan fingerprint density at radius 3 is 2.50 bits per heavy atom. The minimum absolute atomic E-state index is 0.163. The Morgan fingerprint density at radius 2 is 1.94 bits per heavy atom. The van der Waals surface area contributed by atoms with Gasteiger partial charge >= 0.3 is 0 Å². The third-order valence-electron chi connectivity index (χ3n) is 2.92. The van der Waals surface area contributed by atoms with E-state index in [1.54, 1.807) is 6.92 Å². The first-order valence-corrected chi connectivity index (χ1v) is 6.77. The Morgan fingerprint density at radius 1 is 1.33 bits per heavy atom. The fourth-order valence-electron chi connectivity index (χ4n) is 1.70. The molecule has 1 atom stereocenters. The molecule has 0 radical (unpaired) electrons. The Kier molecular flexibility index (Phi) is 6.16. The SMILES string of the molecule is CCN(CC)Cc1ccccc1NC(=O)C(C)Cl. The van der Waals surface area contributed by atoms with Gasteiger partial charge in [0.15, 0.2) is 0 Å². The molecular weight excluding hydrogens is 248 g/mol. The van der Waals surface area contributed by atoms with Gasteiger partial charge in [0.1, 0.15) is 5.38 Å². The summed E-state index contributed by atoms with van der Waals surface area (Å²) in [4.78, 5) is 13.9. The summed E-state index contributed by atoms with van der Waals surface area (Å²) in [6.07, 6.45) is 0. The molecule has 1 aromatic carbocycles. The number of hydrogen-bond donors (Lipinski definition) is 1. The van der Waals surface area contributed by atoms with E-state index in [2.05, 4.69) is 24.1 Å². The molecule has 0 aliphatic rings. The highest BCUT2D eigenvalue weighted by atomic mass is 35.5. The van der Waals surface area contributed by atoms with E-state index in [9.17, 15) is 4.79 Å². The number of carbonyl (C=O) groups excluding carboxylic acids is 1. The number of halogens is 1. The van der Waals surface area contributed by atoms with E-state index >= 15 is 0 Å². The van der Waals surface area contributed by atoms with E-state index in [-0.39, 0.29) is 5.91 Å². The highest BCUT2D eigenvalue weighted by Gasteiger charge is 2.12. The number of hydrogen-bond acceptors (Lipinski definition) is 2. The average molecular weight is 269 g/mol. The molecule has 1 N–H and O–H groups in total. The summed E-state index contributed by atoms with van der Waals surface area (Å²) in [6, 6.07) is 7.85. The second-order valence-electron chi connectivity index (χ2n) is 4.22. The molecule has 0 aliphatic heterocycles. The molecule has 1 amide bonds. The molecule has 1 unspecified atom stereocenters. The van der Waals surface area contributed by atoms with Crippen molar-refractivity contribution in [3.05, 3.63) is 29.8 Å². The Balaban J connectivity index is 2.82. The van der Waals surface area contributed by atoms with E-state index in [4.69, 9.17) is 11.6 Å². The van der Waals surface area contributed by atoms with Crippen LogP contribution in [0.4, 0.5) is 5.69 Å². The largest absolute Gasteiger partial charge is 0.325 e. The van der Waals surface area contributed by atoms with Gasteiger partial charge in [-0.1, -0.05) is 32.0 Å². The van der Waals surface area contributed by atoms with Crippen LogP contribution < -0.4 is 5.32 Å². The zero-order valence-corrected chi connectivity index (χ0v) is 12.0. The average Bonchev–Trinajstić information content (AvgIpc) is 2.37. The third-order valence-corrected chi connectivity index (χ3v) is 3.12. The van der Waals surface area contributed by atoms with Crippen LogP contribution in [0.1, 0.15) is 26.3 Å². The van der Waals surface area contributed by atoms with Gasteiger partial charge in [-0.05, 0) is 31.6 Å². The molecule has 0 fully saturated rings. The molecule has 0 spiro atoms. The van der Waals surface area contributed by atoms with Crippen molar-refractivity contribution in [3.63, 3.8) is 0 Å². The lowest BCUT2D eigenvalue weighted by Crippen LogP contribution is -2.25. The summed E-state index contributed by atoms with van der Waals surface area (Å²) < 4.78 is 0. The van der Waals surface area contributed by atoms with E-state index in [1.165, 1.54) is 0 Å². The summed E-state index contributed by atoms with van der Waals surface area (Å²) in [5, 5.41) is 2.34.